The summed E-state index contributed by atoms with van der Waals surface area (Å²) in [6.07, 6.45) is 30.7. The van der Waals surface area contributed by atoms with Gasteiger partial charge in [0.2, 0.25) is 0 Å². The lowest BCUT2D eigenvalue weighted by molar-refractivity contribution is 0.0860. The first-order valence-corrected chi connectivity index (χ1v) is 51.3. The summed E-state index contributed by atoms with van der Waals surface area (Å²) >= 11 is 0. The molecule has 9 aromatic carbocycles. The number of benzene rings is 9. The summed E-state index contributed by atoms with van der Waals surface area (Å²) in [5, 5.41) is 28.4. The number of ether oxygens (including phenoxy) is 9. The van der Waals surface area contributed by atoms with Gasteiger partial charge in [-0.25, -0.2) is 39.9 Å². The summed E-state index contributed by atoms with van der Waals surface area (Å²) in [6, 6.07) is 39.0. The Bertz CT molecular complexity index is 7270. The second-order valence-electron chi connectivity index (χ2n) is 39.2. The largest absolute Gasteiger partial charge is 0.434 e. The molecule has 5 aromatic heterocycles. The van der Waals surface area contributed by atoms with Crippen molar-refractivity contribution in [3.63, 3.8) is 0 Å². The third-order valence-corrected chi connectivity index (χ3v) is 29.6. The highest BCUT2D eigenvalue weighted by atomic mass is 16.6. The molecule has 23 rings (SSSR count). The predicted molar refractivity (Wildman–Crippen MR) is 530 cm³/mol. The number of hydrogen-bond donors (Lipinski definition) is 4. The third kappa shape index (κ3) is 17.5. The van der Waals surface area contributed by atoms with E-state index in [2.05, 4.69) is 133 Å². The lowest BCUT2D eigenvalue weighted by Gasteiger charge is -2.30. The molecule has 8 aliphatic heterocycles. The van der Waals surface area contributed by atoms with Crippen molar-refractivity contribution < 1.29 is 81.0 Å². The number of fused-ring (bicyclic) bond motifs is 10. The molecule has 4 N–H and O–H groups in total. The predicted octanol–water partition coefficient (Wildman–Crippen LogP) is 24.4. The average molecular weight is 1940 g/mol. The monoisotopic (exact) mass is 1930 g/mol. The molecule has 9 aliphatic rings. The molecule has 0 saturated heterocycles. The maximum Gasteiger partial charge on any atom is 0.284 e. The van der Waals surface area contributed by atoms with E-state index >= 15 is 0 Å². The van der Waals surface area contributed by atoms with Crippen LogP contribution in [0.3, 0.4) is 0 Å². The molecule has 2 atom stereocenters. The molecule has 144 heavy (non-hydrogen) atoms. The van der Waals surface area contributed by atoms with Gasteiger partial charge >= 0.3 is 0 Å². The second kappa shape index (κ2) is 39.5. The lowest BCUT2D eigenvalue weighted by Crippen LogP contribution is -2.20. The third-order valence-electron chi connectivity index (χ3n) is 29.6. The zero-order valence-electron chi connectivity index (χ0n) is 80.5. The number of rotatable bonds is 38. The van der Waals surface area contributed by atoms with Crippen LogP contribution in [-0.4, -0.2) is 102 Å². The van der Waals surface area contributed by atoms with Crippen molar-refractivity contribution in [3.8, 4) is 93.0 Å². The van der Waals surface area contributed by atoms with E-state index in [9.17, 15) is 38.4 Å². The van der Waals surface area contributed by atoms with Crippen molar-refractivity contribution in [3.05, 3.63) is 223 Å². The van der Waals surface area contributed by atoms with Crippen molar-refractivity contribution in [2.45, 2.75) is 270 Å². The molecular weight excluding hydrogens is 1830 g/mol. The Morgan fingerprint density at radius 3 is 0.833 bits per heavy atom. The minimum Gasteiger partial charge on any atom is -0.434 e. The zero-order valence-corrected chi connectivity index (χ0v) is 80.5. The van der Waals surface area contributed by atoms with Crippen molar-refractivity contribution in [1.29, 1.82) is 0 Å². The Kier molecular flexibility index (Phi) is 25.3. The number of unbranched alkanes of at least 4 members (excludes halogenated alkanes) is 24. The summed E-state index contributed by atoms with van der Waals surface area (Å²) in [4.78, 5) is 152. The molecule has 1 aliphatic carbocycles. The van der Waals surface area contributed by atoms with Gasteiger partial charge in [-0.2, -0.15) is 0 Å². The first-order valence-electron chi connectivity index (χ1n) is 51.3. The summed E-state index contributed by atoms with van der Waals surface area (Å²) < 4.78 is 67.4. The van der Waals surface area contributed by atoms with Gasteiger partial charge in [0.1, 0.15) is 51.7 Å². The van der Waals surface area contributed by atoms with Crippen LogP contribution < -0.4 is 59.2 Å². The topological polar surface area (TPSA) is 402 Å². The second-order valence-corrected chi connectivity index (χ2v) is 39.2. The van der Waals surface area contributed by atoms with Crippen molar-refractivity contribution >= 4 is 90.3 Å². The van der Waals surface area contributed by atoms with E-state index in [1.165, 1.54) is 37.7 Å². The van der Waals surface area contributed by atoms with Gasteiger partial charge < -0.3 is 42.6 Å². The van der Waals surface area contributed by atoms with E-state index in [1.54, 1.807) is 28.9 Å². The van der Waals surface area contributed by atoms with Gasteiger partial charge in [0, 0.05) is 99.0 Å². The van der Waals surface area contributed by atoms with Gasteiger partial charge in [-0.05, 0) is 105 Å². The Hall–Kier alpha value is -15.3. The van der Waals surface area contributed by atoms with Gasteiger partial charge in [-0.3, -0.25) is 64.3 Å². The molecule has 32 heteroatoms. The molecule has 14 aromatic rings. The Morgan fingerprint density at radius 1 is 0.278 bits per heavy atom. The molecule has 2 unspecified atom stereocenters. The quantitative estimate of drug-likeness (QED) is 0.0121. The van der Waals surface area contributed by atoms with Crippen LogP contribution in [0, 0.1) is 0 Å². The van der Waals surface area contributed by atoms with Crippen molar-refractivity contribution in [2.75, 3.05) is 0 Å². The number of amides is 8. The Morgan fingerprint density at radius 2 is 0.535 bits per heavy atom. The van der Waals surface area contributed by atoms with E-state index < -0.39 is 70.9 Å². The summed E-state index contributed by atoms with van der Waals surface area (Å²) in [6.45, 7) is 7.35. The maximum absolute atomic E-state index is 14.2. The minimum absolute atomic E-state index is 0.0962. The number of hydrogen-bond acceptors (Lipinski definition) is 27. The van der Waals surface area contributed by atoms with Crippen LogP contribution in [0.2, 0.25) is 0 Å². The highest BCUT2D eigenvalue weighted by Crippen LogP contribution is 2.60. The number of imide groups is 4. The van der Waals surface area contributed by atoms with Crippen LogP contribution in [0.15, 0.2) is 121 Å². The zero-order chi connectivity index (χ0) is 97.9. The highest BCUT2D eigenvalue weighted by Gasteiger charge is 2.45. The van der Waals surface area contributed by atoms with Crippen molar-refractivity contribution in [1.82, 2.24) is 76.1 Å². The summed E-state index contributed by atoms with van der Waals surface area (Å²) in [5.74, 6) is -11.6. The number of nitrogens with zero attached hydrogens (tertiary/aromatic N) is 11. The number of carbonyl (C=O) groups excluding carboxylic acids is 8. The molecule has 0 saturated carbocycles. The fraction of sp³-hybridized carbons (Fsp3) is 0.375. The molecular formula is C112H107N15O17. The van der Waals surface area contributed by atoms with E-state index in [0.717, 1.165) is 165 Å². The van der Waals surface area contributed by atoms with E-state index in [1.807, 2.05) is 6.20 Å². The van der Waals surface area contributed by atoms with Crippen LogP contribution in [-0.2, 0) is 24.5 Å². The number of aromatic nitrogens is 11. The van der Waals surface area contributed by atoms with E-state index in [4.69, 9.17) is 92.8 Å². The minimum atomic E-state index is -0.871. The van der Waals surface area contributed by atoms with Crippen LogP contribution in [0.5, 0.6) is 93.0 Å². The average Bonchev–Trinajstić information content (AvgIpc) is 0.920. The number of carbonyl (C=O) groups is 8. The van der Waals surface area contributed by atoms with E-state index in [-0.39, 0.29) is 158 Å². The first kappa shape index (κ1) is 92.4. The molecule has 32 nitrogen and oxygen atoms in total. The fourth-order valence-corrected chi connectivity index (χ4v) is 22.4. The van der Waals surface area contributed by atoms with E-state index in [0.29, 0.717) is 102 Å². The van der Waals surface area contributed by atoms with Crippen molar-refractivity contribution in [2.24, 2.45) is 0 Å². The van der Waals surface area contributed by atoms with Gasteiger partial charge in [0.05, 0.1) is 19.4 Å². The van der Waals surface area contributed by atoms with Crippen LogP contribution in [0.4, 0.5) is 0 Å². The molecule has 0 fully saturated rings. The lowest BCUT2D eigenvalue weighted by atomic mass is 9.76. The number of nitrogens with one attached hydrogen (secondary N) is 4. The molecule has 8 amide bonds. The standard InChI is InChI=1S/C112H107N15O17/c1-4-7-10-13-16-19-22-25-28-37-63-71-48-73-64(38-29-26-23-20-17-14-11-8-5-2)75-50-77-66(44-34-47-127-56-61(125-126-127)58-136-57-60-45-46-70-68-42-32-36-59-35-31-41-67(87(59)68)69-43-33-40-62(60)88(69)70)78-51-76-65(39-30-27-24-21-18-15-12-9-6-3)74-49-72(63)80-53-82(74)140-108-110(118-94-92(116-108)100(131)123-102(94)133)142-84(76)55-86(78)144-112-111(119-95-96(120-112)104(135)124-103(95)134)143-85(77)54-83(75)141-109-107(115-91-93(117-109)101(132)122-99(91)130)139-81(73)52-79(71)137-105-106(138-80)114-90-89(113-105)97(128)121-98(90)129/h31-33,35-36,40-43,45-46,48-56,63-66H,4-30,34,37-39,44,47,57-58H2,1-3H3,(H,121,128,129)(H,122,130,132)(H,123,131,133)(H,124,134,135). The SMILES string of the molecule is CCCCCCCCCCCC1c2cc3c4cc2Oc2nc5c(nc2Oc2cc6c(cc21)C(CCCCCCCCCCC)c1cc2c(cc1Oc1nc7c(nc1O6)C(=O)NC7=O)Oc1nc6c(nc1Oc1cc(c(cc1C2CCCn1cc(COCc2ccc7c8cccc9cccc(c%10cccc2c%107)c98)nn1)C3CCCCCCCCCCC)Oc1nc2c(nc1O4)C(=O)NC2=O)C(=O)NC6=O)C(=O)NC5=O. The van der Waals surface area contributed by atoms with Crippen LogP contribution >= 0.6 is 0 Å². The normalized spacial score (nSPS) is 16.5. The maximum atomic E-state index is 14.2. The molecule has 8 bridgehead atoms. The van der Waals surface area contributed by atoms with Gasteiger partial charge in [-0.1, -0.05) is 266 Å². The molecule has 0 spiro atoms. The summed E-state index contributed by atoms with van der Waals surface area (Å²) in [7, 11) is 0. The molecule has 0 radical (unpaired) electrons. The van der Waals surface area contributed by atoms with Gasteiger partial charge in [0.25, 0.3) is 94.3 Å². The Balaban J connectivity index is 0.750. The molecule has 732 valence electrons. The van der Waals surface area contributed by atoms with Crippen LogP contribution in [0.25, 0.3) is 43.1 Å². The Labute approximate surface area is 828 Å². The van der Waals surface area contributed by atoms with Crippen LogP contribution in [0.1, 0.15) is 390 Å². The molecule has 13 heterocycles. The highest BCUT2D eigenvalue weighted by molar-refractivity contribution is 6.33. The smallest absolute Gasteiger partial charge is 0.284 e. The number of aryl methyl sites for hydroxylation is 1. The summed E-state index contributed by atoms with van der Waals surface area (Å²) in [5.41, 5.74) is 3.41. The van der Waals surface area contributed by atoms with Gasteiger partial charge in [0.15, 0.2) is 45.6 Å². The first-order chi connectivity index (χ1) is 70.5. The fourth-order valence-electron chi connectivity index (χ4n) is 22.4. The van der Waals surface area contributed by atoms with Gasteiger partial charge in [-0.15, -0.1) is 5.10 Å².